The molecule has 0 aromatic carbocycles. The minimum absolute atomic E-state index is 0.187. The predicted molar refractivity (Wildman–Crippen MR) is 56.5 cm³/mol. The molecule has 0 amide bonds. The molecule has 10 heteroatoms. The summed E-state index contributed by atoms with van der Waals surface area (Å²) < 4.78 is 26.4. The van der Waals surface area contributed by atoms with Crippen molar-refractivity contribution in [1.29, 1.82) is 0 Å². The van der Waals surface area contributed by atoms with Crippen molar-refractivity contribution in [2.24, 2.45) is 0 Å². The third-order valence-electron chi connectivity index (χ3n) is 2.62. The second-order valence-corrected chi connectivity index (χ2v) is 5.69. The molecule has 0 bridgehead atoms. The van der Waals surface area contributed by atoms with Crippen molar-refractivity contribution in [1.82, 2.24) is 9.55 Å². The van der Waals surface area contributed by atoms with Crippen LogP contribution in [0.3, 0.4) is 0 Å². The predicted octanol–water partition coefficient (Wildman–Crippen LogP) is 1.000. The quantitative estimate of drug-likeness (QED) is 0.432. The van der Waals surface area contributed by atoms with Crippen LogP contribution in [0.4, 0.5) is 0 Å². The van der Waals surface area contributed by atoms with Gasteiger partial charge in [0.25, 0.3) is 0 Å². The van der Waals surface area contributed by atoms with E-state index in [1.807, 2.05) is 6.92 Å². The molecule has 18 heavy (non-hydrogen) atoms. The molecule has 0 atom stereocenters. The van der Waals surface area contributed by atoms with E-state index in [0.717, 1.165) is 27.1 Å². The molecule has 0 N–H and O–H groups in total. The van der Waals surface area contributed by atoms with Gasteiger partial charge in [-0.1, -0.05) is 11.4 Å². The van der Waals surface area contributed by atoms with E-state index in [1.165, 1.54) is 0 Å². The van der Waals surface area contributed by atoms with Crippen LogP contribution in [0, 0.1) is 0 Å². The topological polar surface area (TPSA) is 102 Å². The number of aromatic nitrogens is 2. The molecule has 1 aliphatic rings. The minimum Gasteiger partial charge on any atom is -0.391 e. The summed E-state index contributed by atoms with van der Waals surface area (Å²) in [4.78, 5) is 20.1. The fraction of sp³-hybridized carbons (Fsp3) is 0.750. The second-order valence-electron chi connectivity index (χ2n) is 4.07. The van der Waals surface area contributed by atoms with Gasteiger partial charge in [-0.3, -0.25) is 0 Å². The van der Waals surface area contributed by atoms with E-state index < -0.39 is 13.5 Å². The standard InChI is InChI=1S/C8H13N2O7P/c1-8(4-5-8)6-9-10(7(11)15-6)18(12,16-13-2)17-14-3/h4-5H2,1-3H3. The van der Waals surface area contributed by atoms with Gasteiger partial charge in [0.2, 0.25) is 5.89 Å². The Balaban J connectivity index is 2.39. The molecular weight excluding hydrogens is 267 g/mol. The number of nitrogens with zero attached hydrogens (tertiary/aromatic N) is 2. The van der Waals surface area contributed by atoms with Crippen molar-refractivity contribution in [2.75, 3.05) is 14.2 Å². The van der Waals surface area contributed by atoms with Crippen LogP contribution in [0.1, 0.15) is 25.7 Å². The van der Waals surface area contributed by atoms with E-state index >= 15 is 0 Å². The van der Waals surface area contributed by atoms with Gasteiger partial charge in [-0.15, -0.1) is 14.4 Å². The lowest BCUT2D eigenvalue weighted by atomic mass is 10.1. The molecule has 0 spiro atoms. The van der Waals surface area contributed by atoms with Crippen LogP contribution in [-0.2, 0) is 29.1 Å². The first-order valence-corrected chi connectivity index (χ1v) is 6.61. The Hall–Kier alpha value is -0.990. The van der Waals surface area contributed by atoms with Crippen LogP contribution >= 0.6 is 7.75 Å². The zero-order chi connectivity index (χ0) is 13.4. The normalized spacial score (nSPS) is 17.9. The van der Waals surface area contributed by atoms with Crippen LogP contribution in [0.25, 0.3) is 0 Å². The Bertz CT molecular complexity index is 522. The Morgan fingerprint density at radius 3 is 2.33 bits per heavy atom. The molecule has 1 aromatic heterocycles. The number of hydrogen-bond acceptors (Lipinski definition) is 8. The molecule has 0 aliphatic heterocycles. The Morgan fingerprint density at radius 1 is 1.33 bits per heavy atom. The van der Waals surface area contributed by atoms with Crippen molar-refractivity contribution in [2.45, 2.75) is 25.2 Å². The Labute approximate surface area is 102 Å². The van der Waals surface area contributed by atoms with Crippen LogP contribution in [0.15, 0.2) is 9.21 Å². The van der Waals surface area contributed by atoms with Crippen molar-refractivity contribution in [3.63, 3.8) is 0 Å². The monoisotopic (exact) mass is 280 g/mol. The van der Waals surface area contributed by atoms with Gasteiger partial charge in [0, 0.05) is 5.41 Å². The highest BCUT2D eigenvalue weighted by molar-refractivity contribution is 7.51. The van der Waals surface area contributed by atoms with E-state index in [2.05, 4.69) is 24.2 Å². The van der Waals surface area contributed by atoms with Crippen LogP contribution < -0.4 is 5.76 Å². The number of rotatable bonds is 6. The summed E-state index contributed by atoms with van der Waals surface area (Å²) in [7, 11) is -1.95. The average molecular weight is 280 g/mol. The van der Waals surface area contributed by atoms with Gasteiger partial charge >= 0.3 is 13.5 Å². The molecule has 1 saturated carbocycles. The molecule has 1 aromatic rings. The Morgan fingerprint density at radius 2 is 1.89 bits per heavy atom. The summed E-state index contributed by atoms with van der Waals surface area (Å²) in [6.45, 7) is 1.88. The molecule has 2 rings (SSSR count). The second kappa shape index (κ2) is 4.60. The van der Waals surface area contributed by atoms with E-state index in [9.17, 15) is 9.36 Å². The van der Waals surface area contributed by atoms with Crippen LogP contribution in [-0.4, -0.2) is 23.8 Å². The fourth-order valence-corrected chi connectivity index (χ4v) is 2.29. The largest absolute Gasteiger partial charge is 0.515 e. The molecule has 9 nitrogen and oxygen atoms in total. The molecule has 1 fully saturated rings. The molecule has 1 heterocycles. The van der Waals surface area contributed by atoms with Gasteiger partial charge in [0.05, 0.1) is 14.2 Å². The van der Waals surface area contributed by atoms with Gasteiger partial charge in [-0.25, -0.2) is 19.1 Å². The first kappa shape index (κ1) is 13.4. The van der Waals surface area contributed by atoms with Gasteiger partial charge < -0.3 is 4.42 Å². The van der Waals surface area contributed by atoms with Gasteiger partial charge in [0.15, 0.2) is 0 Å². The molecular formula is C8H13N2O7P. The van der Waals surface area contributed by atoms with Crippen LogP contribution in [0.2, 0.25) is 0 Å². The molecule has 102 valence electrons. The van der Waals surface area contributed by atoms with E-state index in [4.69, 9.17) is 4.42 Å². The zero-order valence-electron chi connectivity index (χ0n) is 10.1. The first-order chi connectivity index (χ1) is 8.45. The minimum atomic E-state index is -4.18. The van der Waals surface area contributed by atoms with Gasteiger partial charge in [-0.2, -0.15) is 0 Å². The SMILES string of the molecule is COOP(=O)(OOC)n1nc(C2(C)CC2)oc1=O. The third-order valence-corrected chi connectivity index (χ3v) is 4.01. The van der Waals surface area contributed by atoms with Crippen molar-refractivity contribution >= 4 is 7.75 Å². The summed E-state index contributed by atoms with van der Waals surface area (Å²) in [5.74, 6) is -0.775. The lowest BCUT2D eigenvalue weighted by Gasteiger charge is -2.11. The maximum Gasteiger partial charge on any atom is 0.515 e. The zero-order valence-corrected chi connectivity index (χ0v) is 11.0. The summed E-state index contributed by atoms with van der Waals surface area (Å²) in [6.07, 6.45) is 1.68. The summed E-state index contributed by atoms with van der Waals surface area (Å²) >= 11 is 0. The number of hydrogen-bond donors (Lipinski definition) is 0. The summed E-state index contributed by atoms with van der Waals surface area (Å²) in [6, 6.07) is 0. The van der Waals surface area contributed by atoms with Crippen molar-refractivity contribution in [3.05, 3.63) is 16.4 Å². The van der Waals surface area contributed by atoms with E-state index in [1.54, 1.807) is 0 Å². The third kappa shape index (κ3) is 2.27. The van der Waals surface area contributed by atoms with Gasteiger partial charge in [0.1, 0.15) is 0 Å². The smallest absolute Gasteiger partial charge is 0.391 e. The molecule has 0 unspecified atom stereocenters. The maximum atomic E-state index is 12.1. The van der Waals surface area contributed by atoms with Crippen molar-refractivity contribution < 1.29 is 28.1 Å². The highest BCUT2D eigenvalue weighted by Gasteiger charge is 2.46. The lowest BCUT2D eigenvalue weighted by molar-refractivity contribution is -0.245. The van der Waals surface area contributed by atoms with E-state index in [-0.39, 0.29) is 11.3 Å². The lowest BCUT2D eigenvalue weighted by Crippen LogP contribution is -2.17. The van der Waals surface area contributed by atoms with E-state index in [0.29, 0.717) is 4.45 Å². The highest BCUT2D eigenvalue weighted by atomic mass is 31.2. The average Bonchev–Trinajstić information content (AvgIpc) is 2.90. The molecule has 1 aliphatic carbocycles. The molecule has 0 radical (unpaired) electrons. The fourth-order valence-electron chi connectivity index (χ4n) is 1.33. The molecule has 0 saturated heterocycles. The van der Waals surface area contributed by atoms with Crippen LogP contribution in [0.5, 0.6) is 0 Å². The maximum absolute atomic E-state index is 12.1. The highest BCUT2D eigenvalue weighted by Crippen LogP contribution is 2.50. The van der Waals surface area contributed by atoms with Gasteiger partial charge in [-0.05, 0) is 12.8 Å². The van der Waals surface area contributed by atoms with Crippen molar-refractivity contribution in [3.8, 4) is 0 Å². The summed E-state index contributed by atoms with van der Waals surface area (Å²) in [5, 5.41) is 3.82. The summed E-state index contributed by atoms with van der Waals surface area (Å²) in [5.41, 5.74) is -0.296. The Kier molecular flexibility index (Phi) is 3.43. The first-order valence-electron chi connectivity index (χ1n) is 5.11.